The number of rotatable bonds is 4. The van der Waals surface area contributed by atoms with E-state index in [-0.39, 0.29) is 6.61 Å². The quantitative estimate of drug-likeness (QED) is 0.703. The Morgan fingerprint density at radius 1 is 1.00 bits per heavy atom. The predicted octanol–water partition coefficient (Wildman–Crippen LogP) is 3.84. The van der Waals surface area contributed by atoms with Gasteiger partial charge in [-0.15, -0.1) is 0 Å². The molecule has 3 amide bonds. The Morgan fingerprint density at radius 3 is 2.20 bits per heavy atom. The number of halogens is 2. The molecule has 0 aliphatic carbocycles. The molecule has 132 valence electrons. The van der Waals surface area contributed by atoms with Crippen molar-refractivity contribution in [3.05, 3.63) is 57.6 Å². The summed E-state index contributed by atoms with van der Waals surface area (Å²) < 4.78 is 5.39. The number of ether oxygens (including phenoxy) is 1. The van der Waals surface area contributed by atoms with Gasteiger partial charge < -0.3 is 10.1 Å². The molecule has 0 aromatic heterocycles. The number of amides is 3. The van der Waals surface area contributed by atoms with E-state index < -0.39 is 11.9 Å². The second-order valence-corrected chi connectivity index (χ2v) is 6.11. The molecule has 25 heavy (non-hydrogen) atoms. The summed E-state index contributed by atoms with van der Waals surface area (Å²) in [5.74, 6) is 0.0247. The van der Waals surface area contributed by atoms with E-state index in [1.165, 1.54) is 0 Å². The minimum absolute atomic E-state index is 0.248. The van der Waals surface area contributed by atoms with Crippen LogP contribution >= 0.6 is 23.2 Å². The van der Waals surface area contributed by atoms with Gasteiger partial charge in [0.05, 0.1) is 0 Å². The summed E-state index contributed by atoms with van der Waals surface area (Å²) in [5.41, 5.74) is 6.74. The van der Waals surface area contributed by atoms with Crippen LogP contribution in [0.5, 0.6) is 5.75 Å². The van der Waals surface area contributed by atoms with Crippen LogP contribution in [0, 0.1) is 13.8 Å². The van der Waals surface area contributed by atoms with Gasteiger partial charge in [-0.05, 0) is 61.4 Å². The number of hydrogen-bond donors (Lipinski definition) is 3. The molecule has 0 atom stereocenters. The highest BCUT2D eigenvalue weighted by atomic mass is 35.5. The highest BCUT2D eigenvalue weighted by Crippen LogP contribution is 2.25. The smallest absolute Gasteiger partial charge is 0.337 e. The first-order valence-electron chi connectivity index (χ1n) is 7.36. The number of benzene rings is 2. The molecule has 0 heterocycles. The van der Waals surface area contributed by atoms with Crippen molar-refractivity contribution in [3.8, 4) is 5.75 Å². The van der Waals surface area contributed by atoms with Crippen LogP contribution in [0.25, 0.3) is 0 Å². The average molecular weight is 382 g/mol. The second-order valence-electron chi connectivity index (χ2n) is 5.29. The van der Waals surface area contributed by atoms with E-state index in [9.17, 15) is 9.59 Å². The number of hydrazine groups is 1. The molecule has 0 aliphatic heterocycles. The summed E-state index contributed by atoms with van der Waals surface area (Å²) in [7, 11) is 0. The Morgan fingerprint density at radius 2 is 1.60 bits per heavy atom. The SMILES string of the molecule is Cc1cc(OCC(=O)NNC(=O)Nc2ccc(Cl)cc2)cc(C)c1Cl. The molecule has 0 saturated heterocycles. The van der Waals surface area contributed by atoms with Crippen molar-refractivity contribution < 1.29 is 14.3 Å². The van der Waals surface area contributed by atoms with Crippen molar-refractivity contribution in [1.82, 2.24) is 10.9 Å². The molecule has 0 bridgehead atoms. The molecular formula is C17H17Cl2N3O3. The van der Waals surface area contributed by atoms with Crippen LogP contribution in [0.4, 0.5) is 10.5 Å². The van der Waals surface area contributed by atoms with Gasteiger partial charge in [0, 0.05) is 15.7 Å². The summed E-state index contributed by atoms with van der Waals surface area (Å²) in [6, 6.07) is 9.44. The Hall–Kier alpha value is -2.44. The summed E-state index contributed by atoms with van der Waals surface area (Å²) in [4.78, 5) is 23.4. The molecule has 2 rings (SSSR count). The van der Waals surface area contributed by atoms with Crippen molar-refractivity contribution >= 4 is 40.8 Å². The monoisotopic (exact) mass is 381 g/mol. The number of nitrogens with one attached hydrogen (secondary N) is 3. The zero-order valence-electron chi connectivity index (χ0n) is 13.7. The molecule has 2 aromatic carbocycles. The lowest BCUT2D eigenvalue weighted by molar-refractivity contribution is -0.123. The van der Waals surface area contributed by atoms with Crippen molar-refractivity contribution in [2.45, 2.75) is 13.8 Å². The van der Waals surface area contributed by atoms with Gasteiger partial charge in [-0.25, -0.2) is 10.2 Å². The lowest BCUT2D eigenvalue weighted by atomic mass is 10.1. The largest absolute Gasteiger partial charge is 0.484 e. The van der Waals surface area contributed by atoms with Crippen molar-refractivity contribution in [3.63, 3.8) is 0 Å². The van der Waals surface area contributed by atoms with Gasteiger partial charge in [-0.3, -0.25) is 10.2 Å². The summed E-state index contributed by atoms with van der Waals surface area (Å²) in [6.45, 7) is 3.46. The minimum Gasteiger partial charge on any atom is -0.484 e. The van der Waals surface area contributed by atoms with Gasteiger partial charge >= 0.3 is 6.03 Å². The van der Waals surface area contributed by atoms with E-state index in [1.54, 1.807) is 36.4 Å². The normalized spacial score (nSPS) is 10.1. The van der Waals surface area contributed by atoms with Gasteiger partial charge in [0.25, 0.3) is 5.91 Å². The standard InChI is InChI=1S/C17H17Cl2N3O3/c1-10-7-14(8-11(2)16(10)19)25-9-15(23)21-22-17(24)20-13-5-3-12(18)4-6-13/h3-8H,9H2,1-2H3,(H,21,23)(H2,20,22,24). The zero-order valence-corrected chi connectivity index (χ0v) is 15.2. The van der Waals surface area contributed by atoms with Crippen LogP contribution in [-0.2, 0) is 4.79 Å². The molecule has 0 radical (unpaired) electrons. The molecule has 0 unspecified atom stereocenters. The fourth-order valence-corrected chi connectivity index (χ4v) is 2.23. The first kappa shape index (κ1) is 18.9. The Bertz CT molecular complexity index is 756. The molecule has 0 aliphatic rings. The van der Waals surface area contributed by atoms with Crippen LogP contribution < -0.4 is 20.9 Å². The van der Waals surface area contributed by atoms with Crippen LogP contribution in [0.15, 0.2) is 36.4 Å². The number of urea groups is 1. The van der Waals surface area contributed by atoms with Crippen LogP contribution in [-0.4, -0.2) is 18.5 Å². The highest BCUT2D eigenvalue weighted by Gasteiger charge is 2.08. The minimum atomic E-state index is -0.589. The number of hydrogen-bond acceptors (Lipinski definition) is 3. The summed E-state index contributed by atoms with van der Waals surface area (Å²) in [6.07, 6.45) is 0. The molecule has 8 heteroatoms. The van der Waals surface area contributed by atoms with Crippen LogP contribution in [0.2, 0.25) is 10.0 Å². The van der Waals surface area contributed by atoms with E-state index in [1.807, 2.05) is 13.8 Å². The Balaban J connectivity index is 1.77. The first-order chi connectivity index (χ1) is 11.8. The van der Waals surface area contributed by atoms with Crippen molar-refractivity contribution in [2.24, 2.45) is 0 Å². The third kappa shape index (κ3) is 5.85. The Labute approximate surface area is 155 Å². The zero-order chi connectivity index (χ0) is 18.4. The van der Waals surface area contributed by atoms with Crippen molar-refractivity contribution in [2.75, 3.05) is 11.9 Å². The lowest BCUT2D eigenvalue weighted by Gasteiger charge is -2.11. The number of carbonyl (C=O) groups excluding carboxylic acids is 2. The fraction of sp³-hybridized carbons (Fsp3) is 0.176. The average Bonchev–Trinajstić information content (AvgIpc) is 2.58. The van der Waals surface area contributed by atoms with E-state index in [0.29, 0.717) is 21.5 Å². The van der Waals surface area contributed by atoms with Gasteiger partial charge in [0.1, 0.15) is 5.75 Å². The number of anilines is 1. The summed E-state index contributed by atoms with van der Waals surface area (Å²) in [5, 5.41) is 3.76. The number of carbonyl (C=O) groups is 2. The molecule has 2 aromatic rings. The summed E-state index contributed by atoms with van der Waals surface area (Å²) >= 11 is 11.8. The third-order valence-corrected chi connectivity index (χ3v) is 4.05. The van der Waals surface area contributed by atoms with E-state index in [2.05, 4.69) is 16.2 Å². The fourth-order valence-electron chi connectivity index (χ4n) is 2.00. The molecule has 0 saturated carbocycles. The topological polar surface area (TPSA) is 79.5 Å². The van der Waals surface area contributed by atoms with E-state index in [4.69, 9.17) is 27.9 Å². The lowest BCUT2D eigenvalue weighted by Crippen LogP contribution is -2.45. The maximum atomic E-state index is 11.7. The van der Waals surface area contributed by atoms with E-state index in [0.717, 1.165) is 11.1 Å². The van der Waals surface area contributed by atoms with Gasteiger partial charge in [-0.1, -0.05) is 23.2 Å². The molecule has 0 spiro atoms. The maximum Gasteiger partial charge on any atom is 0.337 e. The first-order valence-corrected chi connectivity index (χ1v) is 8.11. The van der Waals surface area contributed by atoms with Gasteiger partial charge in [0.15, 0.2) is 6.61 Å². The highest BCUT2D eigenvalue weighted by molar-refractivity contribution is 6.32. The molecule has 0 fully saturated rings. The molecular weight excluding hydrogens is 365 g/mol. The predicted molar refractivity (Wildman–Crippen MR) is 98.2 cm³/mol. The number of aryl methyl sites for hydroxylation is 2. The second kappa shape index (κ2) is 8.60. The van der Waals surface area contributed by atoms with Gasteiger partial charge in [0.2, 0.25) is 0 Å². The van der Waals surface area contributed by atoms with Crippen LogP contribution in [0.3, 0.4) is 0 Å². The maximum absolute atomic E-state index is 11.7. The van der Waals surface area contributed by atoms with E-state index >= 15 is 0 Å². The van der Waals surface area contributed by atoms with Gasteiger partial charge in [-0.2, -0.15) is 0 Å². The third-order valence-electron chi connectivity index (χ3n) is 3.20. The Kier molecular flexibility index (Phi) is 6.50. The van der Waals surface area contributed by atoms with Crippen LogP contribution in [0.1, 0.15) is 11.1 Å². The molecule has 3 N–H and O–H groups in total. The molecule has 6 nitrogen and oxygen atoms in total. The van der Waals surface area contributed by atoms with Crippen molar-refractivity contribution in [1.29, 1.82) is 0 Å².